The van der Waals surface area contributed by atoms with Gasteiger partial charge in [0.15, 0.2) is 0 Å². The standard InChI is InChI=1S/C18H18F3NO3/c1-3-17(24,13-5-4-6-14(11-13)18(19,20)21)12-7-9-15(10-8-12)25-16(23)22-2/h4-11,24H,3H2,1-2H3,(H,22,23). The minimum Gasteiger partial charge on any atom is -0.410 e. The molecule has 0 heterocycles. The van der Waals surface area contributed by atoms with Gasteiger partial charge in [-0.3, -0.25) is 0 Å². The molecule has 0 aliphatic rings. The van der Waals surface area contributed by atoms with E-state index in [4.69, 9.17) is 4.74 Å². The fourth-order valence-corrected chi connectivity index (χ4v) is 2.48. The first-order valence-electron chi connectivity index (χ1n) is 7.61. The van der Waals surface area contributed by atoms with Gasteiger partial charge in [0.1, 0.15) is 11.4 Å². The van der Waals surface area contributed by atoms with E-state index in [9.17, 15) is 23.1 Å². The molecule has 2 N–H and O–H groups in total. The lowest BCUT2D eigenvalue weighted by Gasteiger charge is -2.29. The second kappa shape index (κ2) is 7.14. The van der Waals surface area contributed by atoms with E-state index in [0.29, 0.717) is 5.56 Å². The lowest BCUT2D eigenvalue weighted by molar-refractivity contribution is -0.137. The summed E-state index contributed by atoms with van der Waals surface area (Å²) in [5.74, 6) is 0.255. The van der Waals surface area contributed by atoms with E-state index in [1.54, 1.807) is 6.92 Å². The first-order chi connectivity index (χ1) is 11.7. The van der Waals surface area contributed by atoms with Crippen molar-refractivity contribution < 1.29 is 27.8 Å². The fraction of sp³-hybridized carbons (Fsp3) is 0.278. The number of rotatable bonds is 4. The van der Waals surface area contributed by atoms with Gasteiger partial charge >= 0.3 is 12.3 Å². The van der Waals surface area contributed by atoms with E-state index in [1.165, 1.54) is 43.4 Å². The number of benzene rings is 2. The van der Waals surface area contributed by atoms with E-state index < -0.39 is 23.4 Å². The van der Waals surface area contributed by atoms with Crippen LogP contribution in [0.15, 0.2) is 48.5 Å². The van der Waals surface area contributed by atoms with Crippen LogP contribution in [0.2, 0.25) is 0 Å². The molecule has 7 heteroatoms. The summed E-state index contributed by atoms with van der Waals surface area (Å²) >= 11 is 0. The predicted molar refractivity (Wildman–Crippen MR) is 86.3 cm³/mol. The highest BCUT2D eigenvalue weighted by Crippen LogP contribution is 2.37. The van der Waals surface area contributed by atoms with Crippen LogP contribution in [0, 0.1) is 0 Å². The Hall–Kier alpha value is -2.54. The van der Waals surface area contributed by atoms with Gasteiger partial charge in [0.25, 0.3) is 0 Å². The Morgan fingerprint density at radius 2 is 1.68 bits per heavy atom. The summed E-state index contributed by atoms with van der Waals surface area (Å²) in [5, 5.41) is 13.3. The van der Waals surface area contributed by atoms with Crippen LogP contribution in [0.25, 0.3) is 0 Å². The summed E-state index contributed by atoms with van der Waals surface area (Å²) in [7, 11) is 1.42. The van der Waals surface area contributed by atoms with Crippen LogP contribution < -0.4 is 10.1 Å². The van der Waals surface area contributed by atoms with Crippen LogP contribution in [0.5, 0.6) is 5.75 Å². The minimum absolute atomic E-state index is 0.143. The highest BCUT2D eigenvalue weighted by atomic mass is 19.4. The topological polar surface area (TPSA) is 58.6 Å². The Kier molecular flexibility index (Phi) is 5.37. The van der Waals surface area contributed by atoms with Crippen molar-refractivity contribution >= 4 is 6.09 Å². The first kappa shape index (κ1) is 18.8. The molecule has 0 radical (unpaired) electrons. The van der Waals surface area contributed by atoms with Crippen LogP contribution in [-0.2, 0) is 11.8 Å². The molecule has 1 amide bonds. The van der Waals surface area contributed by atoms with E-state index >= 15 is 0 Å². The van der Waals surface area contributed by atoms with Crippen molar-refractivity contribution in [2.75, 3.05) is 7.05 Å². The van der Waals surface area contributed by atoms with Crippen molar-refractivity contribution in [3.05, 3.63) is 65.2 Å². The molecule has 0 saturated carbocycles. The average Bonchev–Trinajstić information content (AvgIpc) is 2.61. The van der Waals surface area contributed by atoms with E-state index in [-0.39, 0.29) is 17.7 Å². The minimum atomic E-state index is -4.49. The molecule has 1 unspecified atom stereocenters. The Bertz CT molecular complexity index is 744. The zero-order chi connectivity index (χ0) is 18.7. The van der Waals surface area contributed by atoms with E-state index in [2.05, 4.69) is 5.32 Å². The zero-order valence-electron chi connectivity index (χ0n) is 13.7. The third-order valence-electron chi connectivity index (χ3n) is 3.93. The number of alkyl halides is 3. The smallest absolute Gasteiger partial charge is 0.410 e. The van der Waals surface area contributed by atoms with Crippen molar-refractivity contribution in [2.24, 2.45) is 0 Å². The Balaban J connectivity index is 2.38. The van der Waals surface area contributed by atoms with Crippen molar-refractivity contribution in [3.63, 3.8) is 0 Å². The molecule has 1 atom stereocenters. The number of carbonyl (C=O) groups is 1. The summed E-state index contributed by atoms with van der Waals surface area (Å²) in [5.41, 5.74) is -1.87. The third kappa shape index (κ3) is 4.11. The fourth-order valence-electron chi connectivity index (χ4n) is 2.48. The van der Waals surface area contributed by atoms with Gasteiger partial charge in [-0.2, -0.15) is 13.2 Å². The SMILES string of the molecule is CCC(O)(c1ccc(OC(=O)NC)cc1)c1cccc(C(F)(F)F)c1. The molecule has 0 spiro atoms. The van der Waals surface area contributed by atoms with Crippen molar-refractivity contribution in [2.45, 2.75) is 25.1 Å². The maximum atomic E-state index is 12.9. The van der Waals surface area contributed by atoms with Crippen molar-refractivity contribution in [1.29, 1.82) is 0 Å². The van der Waals surface area contributed by atoms with Crippen molar-refractivity contribution in [1.82, 2.24) is 5.32 Å². The number of ether oxygens (including phenoxy) is 1. The second-order valence-electron chi connectivity index (χ2n) is 5.46. The lowest BCUT2D eigenvalue weighted by Crippen LogP contribution is -2.27. The summed E-state index contributed by atoms with van der Waals surface area (Å²) < 4.78 is 43.8. The predicted octanol–water partition coefficient (Wildman–Crippen LogP) is 4.07. The summed E-state index contributed by atoms with van der Waals surface area (Å²) in [6, 6.07) is 10.6. The quantitative estimate of drug-likeness (QED) is 0.871. The number of hydrogen-bond donors (Lipinski definition) is 2. The Morgan fingerprint density at radius 3 is 2.20 bits per heavy atom. The second-order valence-corrected chi connectivity index (χ2v) is 5.46. The van der Waals surface area contributed by atoms with E-state index in [0.717, 1.165) is 12.1 Å². The maximum Gasteiger partial charge on any atom is 0.416 e. The van der Waals surface area contributed by atoms with Gasteiger partial charge in [-0.05, 0) is 41.8 Å². The first-order valence-corrected chi connectivity index (χ1v) is 7.61. The van der Waals surface area contributed by atoms with Gasteiger partial charge in [-0.25, -0.2) is 4.79 Å². The molecule has 0 aliphatic carbocycles. The number of amides is 1. The highest BCUT2D eigenvalue weighted by Gasteiger charge is 2.34. The Morgan fingerprint density at radius 1 is 1.08 bits per heavy atom. The molecule has 2 aromatic carbocycles. The molecular formula is C18H18F3NO3. The van der Waals surface area contributed by atoms with Gasteiger partial charge in [0, 0.05) is 7.05 Å². The highest BCUT2D eigenvalue weighted by molar-refractivity contribution is 5.69. The summed E-state index contributed by atoms with van der Waals surface area (Å²) in [4.78, 5) is 11.2. The summed E-state index contributed by atoms with van der Waals surface area (Å²) in [6.45, 7) is 1.68. The molecule has 0 aromatic heterocycles. The van der Waals surface area contributed by atoms with E-state index in [1.807, 2.05) is 0 Å². The Labute approximate surface area is 143 Å². The number of nitrogens with one attached hydrogen (secondary N) is 1. The average molecular weight is 353 g/mol. The number of hydrogen-bond acceptors (Lipinski definition) is 3. The molecule has 0 fully saturated rings. The van der Waals surface area contributed by atoms with Crippen LogP contribution >= 0.6 is 0 Å². The molecule has 134 valence electrons. The molecule has 4 nitrogen and oxygen atoms in total. The molecule has 2 rings (SSSR count). The molecule has 0 bridgehead atoms. The number of halogens is 3. The molecule has 25 heavy (non-hydrogen) atoms. The third-order valence-corrected chi connectivity index (χ3v) is 3.93. The van der Waals surface area contributed by atoms with Crippen LogP contribution in [0.1, 0.15) is 30.0 Å². The van der Waals surface area contributed by atoms with Crippen molar-refractivity contribution in [3.8, 4) is 5.75 Å². The van der Waals surface area contributed by atoms with Crippen LogP contribution in [0.3, 0.4) is 0 Å². The van der Waals surface area contributed by atoms with Gasteiger partial charge < -0.3 is 15.2 Å². The molecular weight excluding hydrogens is 335 g/mol. The normalized spacial score (nSPS) is 13.8. The largest absolute Gasteiger partial charge is 0.416 e. The van der Waals surface area contributed by atoms with Gasteiger partial charge in [-0.1, -0.05) is 31.2 Å². The van der Waals surface area contributed by atoms with Crippen LogP contribution in [-0.4, -0.2) is 18.2 Å². The summed E-state index contributed by atoms with van der Waals surface area (Å²) in [6.07, 6.45) is -4.96. The number of aliphatic hydroxyl groups is 1. The molecule has 0 aliphatic heterocycles. The molecule has 0 saturated heterocycles. The van der Waals surface area contributed by atoms with Gasteiger partial charge in [-0.15, -0.1) is 0 Å². The zero-order valence-corrected chi connectivity index (χ0v) is 13.7. The maximum absolute atomic E-state index is 12.9. The van der Waals surface area contributed by atoms with Gasteiger partial charge in [0.05, 0.1) is 5.56 Å². The van der Waals surface area contributed by atoms with Crippen LogP contribution in [0.4, 0.5) is 18.0 Å². The lowest BCUT2D eigenvalue weighted by atomic mass is 9.83. The van der Waals surface area contributed by atoms with Gasteiger partial charge in [0.2, 0.25) is 0 Å². The molecule has 2 aromatic rings. The monoisotopic (exact) mass is 353 g/mol. The number of carbonyl (C=O) groups excluding carboxylic acids is 1.